The lowest BCUT2D eigenvalue weighted by atomic mass is 9.93. The summed E-state index contributed by atoms with van der Waals surface area (Å²) in [5.74, 6) is 0.227. The summed E-state index contributed by atoms with van der Waals surface area (Å²) in [5, 5.41) is 3.64. The molecule has 4 rings (SSSR count). The van der Waals surface area contributed by atoms with Gasteiger partial charge in [-0.2, -0.15) is 0 Å². The van der Waals surface area contributed by atoms with Gasteiger partial charge in [-0.15, -0.1) is 0 Å². The van der Waals surface area contributed by atoms with Crippen molar-refractivity contribution in [2.75, 3.05) is 5.32 Å². The standard InChI is InChI=1S/C16H13ClN2O/c1-9-3-2-4-13(18-9)12-8-16(12)11-7-10(17)5-6-14(11)19-15(16)20/h2-7,12H,8H2,1H3,(H,19,20). The number of carbonyl (C=O) groups is 1. The van der Waals surface area contributed by atoms with Crippen LogP contribution in [0.3, 0.4) is 0 Å². The van der Waals surface area contributed by atoms with Crippen LogP contribution in [0.15, 0.2) is 36.4 Å². The molecule has 1 fully saturated rings. The van der Waals surface area contributed by atoms with Crippen LogP contribution in [0.25, 0.3) is 0 Å². The molecule has 1 aliphatic carbocycles. The number of carbonyl (C=O) groups excluding carboxylic acids is 1. The highest BCUT2D eigenvalue weighted by molar-refractivity contribution is 6.31. The minimum atomic E-state index is -0.457. The van der Waals surface area contributed by atoms with Crippen molar-refractivity contribution < 1.29 is 4.79 Å². The second kappa shape index (κ2) is 3.83. The first-order valence-electron chi connectivity index (χ1n) is 6.66. The van der Waals surface area contributed by atoms with Crippen LogP contribution in [0.5, 0.6) is 0 Å². The van der Waals surface area contributed by atoms with E-state index in [9.17, 15) is 4.79 Å². The molecular formula is C16H13ClN2O. The van der Waals surface area contributed by atoms with E-state index in [-0.39, 0.29) is 11.8 Å². The summed E-state index contributed by atoms with van der Waals surface area (Å²) in [6.07, 6.45) is 0.808. The number of fused-ring (bicyclic) bond motifs is 2. The van der Waals surface area contributed by atoms with E-state index in [4.69, 9.17) is 11.6 Å². The van der Waals surface area contributed by atoms with Crippen molar-refractivity contribution in [3.63, 3.8) is 0 Å². The molecule has 0 radical (unpaired) electrons. The molecule has 2 aliphatic rings. The number of aromatic nitrogens is 1. The number of amides is 1. The number of nitrogens with zero attached hydrogens (tertiary/aromatic N) is 1. The predicted octanol–water partition coefficient (Wildman–Crippen LogP) is 3.42. The third-order valence-corrected chi connectivity index (χ3v) is 4.58. The van der Waals surface area contributed by atoms with Gasteiger partial charge in [0.05, 0.1) is 5.41 Å². The molecule has 0 bridgehead atoms. The minimum absolute atomic E-state index is 0.0723. The van der Waals surface area contributed by atoms with Gasteiger partial charge < -0.3 is 5.32 Å². The molecule has 100 valence electrons. The summed E-state index contributed by atoms with van der Waals surface area (Å²) in [4.78, 5) is 17.0. The van der Waals surface area contributed by atoms with Crippen LogP contribution in [0.4, 0.5) is 5.69 Å². The van der Waals surface area contributed by atoms with Crippen LogP contribution in [0, 0.1) is 6.92 Å². The number of benzene rings is 1. The van der Waals surface area contributed by atoms with E-state index in [1.54, 1.807) is 0 Å². The van der Waals surface area contributed by atoms with Gasteiger partial charge in [-0.25, -0.2) is 0 Å². The lowest BCUT2D eigenvalue weighted by Crippen LogP contribution is -2.21. The molecule has 2 heterocycles. The third-order valence-electron chi connectivity index (χ3n) is 4.34. The molecule has 1 spiro atoms. The van der Waals surface area contributed by atoms with E-state index >= 15 is 0 Å². The molecule has 1 N–H and O–H groups in total. The number of aryl methyl sites for hydroxylation is 1. The summed E-state index contributed by atoms with van der Waals surface area (Å²) in [5.41, 5.74) is 3.42. The van der Waals surface area contributed by atoms with Gasteiger partial charge in [-0.3, -0.25) is 9.78 Å². The number of halogens is 1. The highest BCUT2D eigenvalue weighted by atomic mass is 35.5. The lowest BCUT2D eigenvalue weighted by molar-refractivity contribution is -0.118. The Hall–Kier alpha value is -1.87. The van der Waals surface area contributed by atoms with Crippen LogP contribution < -0.4 is 5.32 Å². The van der Waals surface area contributed by atoms with E-state index < -0.39 is 5.41 Å². The maximum atomic E-state index is 12.4. The maximum absolute atomic E-state index is 12.4. The van der Waals surface area contributed by atoms with Crippen molar-refractivity contribution in [2.24, 2.45) is 0 Å². The fraction of sp³-hybridized carbons (Fsp3) is 0.250. The van der Waals surface area contributed by atoms with Gasteiger partial charge >= 0.3 is 0 Å². The topological polar surface area (TPSA) is 42.0 Å². The lowest BCUT2D eigenvalue weighted by Gasteiger charge is -2.09. The Bertz CT molecular complexity index is 743. The van der Waals surface area contributed by atoms with Gasteiger partial charge in [0.1, 0.15) is 0 Å². The van der Waals surface area contributed by atoms with Gasteiger partial charge in [-0.1, -0.05) is 17.7 Å². The number of nitrogens with one attached hydrogen (secondary N) is 1. The van der Waals surface area contributed by atoms with Crippen molar-refractivity contribution >= 4 is 23.2 Å². The van der Waals surface area contributed by atoms with Gasteiger partial charge in [0.2, 0.25) is 5.91 Å². The van der Waals surface area contributed by atoms with E-state index in [1.165, 1.54) is 0 Å². The molecule has 1 aromatic carbocycles. The molecule has 3 nitrogen and oxygen atoms in total. The molecule has 0 saturated heterocycles. The molecule has 1 amide bonds. The van der Waals surface area contributed by atoms with E-state index in [0.29, 0.717) is 5.02 Å². The number of rotatable bonds is 1. The zero-order chi connectivity index (χ0) is 13.9. The van der Waals surface area contributed by atoms with Crippen LogP contribution in [-0.2, 0) is 10.2 Å². The Balaban J connectivity index is 1.81. The number of anilines is 1. The van der Waals surface area contributed by atoms with Crippen molar-refractivity contribution in [3.05, 3.63) is 58.4 Å². The fourth-order valence-electron chi connectivity index (χ4n) is 3.28. The molecule has 1 aliphatic heterocycles. The van der Waals surface area contributed by atoms with E-state index in [1.807, 2.05) is 43.3 Å². The highest BCUT2D eigenvalue weighted by Gasteiger charge is 2.65. The third kappa shape index (κ3) is 1.47. The molecule has 2 aromatic rings. The summed E-state index contributed by atoms with van der Waals surface area (Å²) < 4.78 is 0. The van der Waals surface area contributed by atoms with Crippen molar-refractivity contribution in [3.8, 4) is 0 Å². The number of pyridine rings is 1. The molecule has 2 unspecified atom stereocenters. The quantitative estimate of drug-likeness (QED) is 0.872. The second-order valence-corrected chi connectivity index (χ2v) is 6.01. The maximum Gasteiger partial charge on any atom is 0.235 e. The SMILES string of the molecule is Cc1cccc(C2CC23C(=O)Nc2ccc(Cl)cc23)n1. The largest absolute Gasteiger partial charge is 0.325 e. The first-order valence-corrected chi connectivity index (χ1v) is 7.04. The predicted molar refractivity (Wildman–Crippen MR) is 78.1 cm³/mol. The zero-order valence-corrected chi connectivity index (χ0v) is 11.7. The smallest absolute Gasteiger partial charge is 0.235 e. The Morgan fingerprint density at radius 1 is 1.35 bits per heavy atom. The highest BCUT2D eigenvalue weighted by Crippen LogP contribution is 2.64. The molecule has 1 aromatic heterocycles. The van der Waals surface area contributed by atoms with Crippen LogP contribution in [-0.4, -0.2) is 10.9 Å². The molecular weight excluding hydrogens is 272 g/mol. The average Bonchev–Trinajstić information content (AvgIpc) is 3.11. The Morgan fingerprint density at radius 3 is 3.00 bits per heavy atom. The fourth-order valence-corrected chi connectivity index (χ4v) is 3.45. The average molecular weight is 285 g/mol. The minimum Gasteiger partial charge on any atom is -0.325 e. The first kappa shape index (κ1) is 11.9. The first-order chi connectivity index (χ1) is 9.61. The normalized spacial score (nSPS) is 26.5. The van der Waals surface area contributed by atoms with Crippen molar-refractivity contribution in [2.45, 2.75) is 24.7 Å². The molecule has 20 heavy (non-hydrogen) atoms. The number of hydrogen-bond acceptors (Lipinski definition) is 2. The summed E-state index contributed by atoms with van der Waals surface area (Å²) in [6, 6.07) is 11.6. The van der Waals surface area contributed by atoms with E-state index in [0.717, 1.165) is 29.1 Å². The number of hydrogen-bond donors (Lipinski definition) is 1. The Morgan fingerprint density at radius 2 is 2.20 bits per heavy atom. The summed E-state index contributed by atoms with van der Waals surface area (Å²) >= 11 is 6.09. The van der Waals surface area contributed by atoms with Crippen molar-refractivity contribution in [1.29, 1.82) is 0 Å². The van der Waals surface area contributed by atoms with Gasteiger partial charge in [0, 0.05) is 28.0 Å². The van der Waals surface area contributed by atoms with Gasteiger partial charge in [-0.05, 0) is 49.2 Å². The molecule has 1 saturated carbocycles. The van der Waals surface area contributed by atoms with Gasteiger partial charge in [0.25, 0.3) is 0 Å². The molecule has 4 heteroatoms. The molecule has 2 atom stereocenters. The Labute approximate surface area is 122 Å². The second-order valence-electron chi connectivity index (χ2n) is 5.58. The van der Waals surface area contributed by atoms with Crippen molar-refractivity contribution in [1.82, 2.24) is 4.98 Å². The zero-order valence-electron chi connectivity index (χ0n) is 11.0. The van der Waals surface area contributed by atoms with E-state index in [2.05, 4.69) is 10.3 Å². The summed E-state index contributed by atoms with van der Waals surface area (Å²) in [6.45, 7) is 1.97. The summed E-state index contributed by atoms with van der Waals surface area (Å²) in [7, 11) is 0. The monoisotopic (exact) mass is 284 g/mol. The van der Waals surface area contributed by atoms with Gasteiger partial charge in [0.15, 0.2) is 0 Å². The van der Waals surface area contributed by atoms with Crippen LogP contribution >= 0.6 is 11.6 Å². The van der Waals surface area contributed by atoms with Crippen LogP contribution in [0.2, 0.25) is 5.02 Å². The Kier molecular flexibility index (Phi) is 2.28. The van der Waals surface area contributed by atoms with Crippen LogP contribution in [0.1, 0.15) is 29.3 Å².